The zero-order valence-corrected chi connectivity index (χ0v) is 20.1. The molecule has 0 spiro atoms. The van der Waals surface area contributed by atoms with Crippen LogP contribution in [0.1, 0.15) is 36.3 Å². The number of aryl methyl sites for hydroxylation is 1. The number of thioether (sulfide) groups is 1. The second-order valence-corrected chi connectivity index (χ2v) is 10.3. The van der Waals surface area contributed by atoms with Crippen LogP contribution in [0.25, 0.3) is 10.7 Å². The van der Waals surface area contributed by atoms with E-state index in [0.29, 0.717) is 18.3 Å². The van der Waals surface area contributed by atoms with E-state index in [1.807, 2.05) is 29.3 Å². The molecule has 32 heavy (non-hydrogen) atoms. The Kier molecular flexibility index (Phi) is 8.36. The Balaban J connectivity index is 1.09. The van der Waals surface area contributed by atoms with Gasteiger partial charge in [-0.15, -0.1) is 11.3 Å². The van der Waals surface area contributed by atoms with Gasteiger partial charge in [0.15, 0.2) is 0 Å². The van der Waals surface area contributed by atoms with Gasteiger partial charge in [-0.2, -0.15) is 16.7 Å². The Hall–Kier alpha value is -2.16. The molecule has 2 aromatic heterocycles. The molecule has 1 fully saturated rings. The highest BCUT2D eigenvalue weighted by molar-refractivity contribution is 7.98. The highest BCUT2D eigenvalue weighted by Gasteiger charge is 2.25. The van der Waals surface area contributed by atoms with Crippen molar-refractivity contribution in [1.82, 2.24) is 20.4 Å². The molecule has 0 aliphatic carbocycles. The molecule has 170 valence electrons. The first-order valence-corrected chi connectivity index (χ1v) is 13.2. The first-order chi connectivity index (χ1) is 15.7. The van der Waals surface area contributed by atoms with Crippen molar-refractivity contribution in [2.45, 2.75) is 38.5 Å². The summed E-state index contributed by atoms with van der Waals surface area (Å²) < 4.78 is 5.41. The molecule has 3 heterocycles. The fourth-order valence-corrected chi connectivity index (χ4v) is 5.45. The summed E-state index contributed by atoms with van der Waals surface area (Å²) in [5.41, 5.74) is 2.68. The quantitative estimate of drug-likeness (QED) is 0.431. The van der Waals surface area contributed by atoms with Crippen LogP contribution >= 0.6 is 23.1 Å². The monoisotopic (exact) mass is 470 g/mol. The summed E-state index contributed by atoms with van der Waals surface area (Å²) in [5.74, 6) is 3.69. The molecule has 0 radical (unpaired) electrons. The summed E-state index contributed by atoms with van der Waals surface area (Å²) in [4.78, 5) is 20.3. The average Bonchev–Trinajstić information content (AvgIpc) is 3.49. The van der Waals surface area contributed by atoms with E-state index in [-0.39, 0.29) is 11.8 Å². The van der Waals surface area contributed by atoms with Gasteiger partial charge in [0.25, 0.3) is 0 Å². The van der Waals surface area contributed by atoms with Crippen molar-refractivity contribution in [3.05, 3.63) is 58.8 Å². The Bertz CT molecular complexity index is 982. The fourth-order valence-electron chi connectivity index (χ4n) is 3.89. The lowest BCUT2D eigenvalue weighted by atomic mass is 9.96. The molecule has 0 saturated carbocycles. The summed E-state index contributed by atoms with van der Waals surface area (Å²) in [6.07, 6.45) is 2.75. The van der Waals surface area contributed by atoms with E-state index in [1.54, 1.807) is 11.3 Å². The number of aromatic nitrogens is 2. The smallest absolute Gasteiger partial charge is 0.241 e. The Morgan fingerprint density at radius 3 is 2.94 bits per heavy atom. The van der Waals surface area contributed by atoms with Gasteiger partial charge in [-0.25, -0.2) is 0 Å². The molecular formula is C24H30N4O2S2. The summed E-state index contributed by atoms with van der Waals surface area (Å²) in [7, 11) is 0. The molecular weight excluding hydrogens is 440 g/mol. The third-order valence-electron chi connectivity index (χ3n) is 5.64. The van der Waals surface area contributed by atoms with E-state index >= 15 is 0 Å². The molecule has 0 unspecified atom stereocenters. The minimum absolute atomic E-state index is 0.107. The largest absolute Gasteiger partial charge is 0.356 e. The first-order valence-electron chi connectivity index (χ1n) is 11.2. The van der Waals surface area contributed by atoms with E-state index < -0.39 is 0 Å². The summed E-state index contributed by atoms with van der Waals surface area (Å²) in [6.45, 7) is 5.28. The maximum Gasteiger partial charge on any atom is 0.241 e. The number of carbonyl (C=O) groups is 1. The number of piperidine rings is 1. The molecule has 1 aromatic carbocycles. The number of carbonyl (C=O) groups excluding carboxylic acids is 1. The molecule has 8 heteroatoms. The number of nitrogens with zero attached hydrogens (tertiary/aromatic N) is 3. The minimum Gasteiger partial charge on any atom is -0.356 e. The second kappa shape index (κ2) is 11.6. The number of likely N-dealkylation sites (tertiary alicyclic amines) is 1. The van der Waals surface area contributed by atoms with E-state index in [1.165, 1.54) is 11.1 Å². The standard InChI is InChI=1S/C24H30N4O2S2/c1-18-5-2-6-19(15-18)17-31-13-4-10-25-24(29)20-8-11-28(12-9-20)16-22-26-23(27-30-22)21-7-3-14-32-21/h2-3,5-7,14-15,20H,4,8-13,16-17H2,1H3,(H,25,29). The SMILES string of the molecule is Cc1cccc(CSCCCNC(=O)C2CCN(Cc3nc(-c4cccs4)no3)CC2)c1. The first kappa shape index (κ1) is 23.0. The maximum absolute atomic E-state index is 12.5. The number of amides is 1. The molecule has 6 nitrogen and oxygen atoms in total. The van der Waals surface area contributed by atoms with Crippen LogP contribution in [0.2, 0.25) is 0 Å². The van der Waals surface area contributed by atoms with Gasteiger partial charge >= 0.3 is 0 Å². The van der Waals surface area contributed by atoms with Crippen LogP contribution in [0.15, 0.2) is 46.3 Å². The average molecular weight is 471 g/mol. The summed E-state index contributed by atoms with van der Waals surface area (Å²) in [6, 6.07) is 12.6. The van der Waals surface area contributed by atoms with E-state index in [4.69, 9.17) is 4.52 Å². The molecule has 1 amide bonds. The molecule has 1 aliphatic heterocycles. The highest BCUT2D eigenvalue weighted by atomic mass is 32.2. The Morgan fingerprint density at radius 1 is 1.28 bits per heavy atom. The number of nitrogens with one attached hydrogen (secondary N) is 1. The lowest BCUT2D eigenvalue weighted by Gasteiger charge is -2.30. The third kappa shape index (κ3) is 6.67. The van der Waals surface area contributed by atoms with Crippen molar-refractivity contribution in [3.63, 3.8) is 0 Å². The second-order valence-electron chi connectivity index (χ2n) is 8.23. The fraction of sp³-hybridized carbons (Fsp3) is 0.458. The Labute approximate surface area is 197 Å². The van der Waals surface area contributed by atoms with Gasteiger partial charge in [-0.05, 0) is 62.0 Å². The third-order valence-corrected chi connectivity index (χ3v) is 7.62. The number of benzene rings is 1. The lowest BCUT2D eigenvalue weighted by Crippen LogP contribution is -2.40. The predicted molar refractivity (Wildman–Crippen MR) is 131 cm³/mol. The minimum atomic E-state index is 0.107. The molecule has 1 aliphatic rings. The normalized spacial score (nSPS) is 15.2. The van der Waals surface area contributed by atoms with E-state index in [0.717, 1.165) is 55.3 Å². The van der Waals surface area contributed by atoms with Crippen LogP contribution < -0.4 is 5.32 Å². The van der Waals surface area contributed by atoms with Gasteiger partial charge in [-0.3, -0.25) is 9.69 Å². The zero-order chi connectivity index (χ0) is 22.2. The van der Waals surface area contributed by atoms with Crippen LogP contribution in [0.5, 0.6) is 0 Å². The van der Waals surface area contributed by atoms with Crippen LogP contribution in [0, 0.1) is 12.8 Å². The zero-order valence-electron chi connectivity index (χ0n) is 18.5. The van der Waals surface area contributed by atoms with E-state index in [9.17, 15) is 4.79 Å². The van der Waals surface area contributed by atoms with Crippen molar-refractivity contribution in [3.8, 4) is 10.7 Å². The van der Waals surface area contributed by atoms with Crippen LogP contribution in [0.3, 0.4) is 0 Å². The topological polar surface area (TPSA) is 71.3 Å². The number of thiophene rings is 1. The number of hydrogen-bond donors (Lipinski definition) is 1. The molecule has 1 N–H and O–H groups in total. The van der Waals surface area contributed by atoms with Gasteiger partial charge in [0.05, 0.1) is 11.4 Å². The summed E-state index contributed by atoms with van der Waals surface area (Å²) in [5, 5.41) is 9.21. The van der Waals surface area contributed by atoms with Crippen molar-refractivity contribution < 1.29 is 9.32 Å². The van der Waals surface area contributed by atoms with Crippen LogP contribution in [0.4, 0.5) is 0 Å². The van der Waals surface area contributed by atoms with E-state index in [2.05, 4.69) is 51.5 Å². The molecule has 4 rings (SSSR count). The van der Waals surface area contributed by atoms with Crippen molar-refractivity contribution >= 4 is 29.0 Å². The van der Waals surface area contributed by atoms with Crippen LogP contribution in [-0.2, 0) is 17.1 Å². The van der Waals surface area contributed by atoms with Crippen molar-refractivity contribution in [1.29, 1.82) is 0 Å². The number of rotatable bonds is 10. The van der Waals surface area contributed by atoms with Crippen molar-refractivity contribution in [2.75, 3.05) is 25.4 Å². The van der Waals surface area contributed by atoms with Gasteiger partial charge in [-0.1, -0.05) is 41.1 Å². The highest BCUT2D eigenvalue weighted by Crippen LogP contribution is 2.23. The van der Waals surface area contributed by atoms with Gasteiger partial charge in [0.1, 0.15) is 0 Å². The predicted octanol–water partition coefficient (Wildman–Crippen LogP) is 4.76. The van der Waals surface area contributed by atoms with Crippen molar-refractivity contribution in [2.24, 2.45) is 5.92 Å². The summed E-state index contributed by atoms with van der Waals surface area (Å²) >= 11 is 3.53. The molecule has 3 aromatic rings. The van der Waals surface area contributed by atoms with Crippen LogP contribution in [-0.4, -0.2) is 46.3 Å². The molecule has 0 bridgehead atoms. The number of hydrogen-bond acceptors (Lipinski definition) is 7. The molecule has 0 atom stereocenters. The van der Waals surface area contributed by atoms with Gasteiger partial charge in [0.2, 0.25) is 17.6 Å². The Morgan fingerprint density at radius 2 is 2.16 bits per heavy atom. The van der Waals surface area contributed by atoms with Gasteiger partial charge in [0, 0.05) is 18.2 Å². The lowest BCUT2D eigenvalue weighted by molar-refractivity contribution is -0.126. The maximum atomic E-state index is 12.5. The molecule has 1 saturated heterocycles. The van der Waals surface area contributed by atoms with Gasteiger partial charge < -0.3 is 9.84 Å².